The van der Waals surface area contributed by atoms with Crippen LogP contribution in [0, 0.1) is 5.92 Å². The molecule has 0 fully saturated rings. The zero-order chi connectivity index (χ0) is 28.7. The lowest BCUT2D eigenvalue weighted by atomic mass is 10.0. The van der Waals surface area contributed by atoms with Gasteiger partial charge in [0.05, 0.1) is 12.5 Å². The SMILES string of the molecule is CC(C)CC(NC(=O)C(CCC(N)=O)NC(=O)C(CCCN=C(N)N)NC(=O)C(N)CC(N)=O)C(=O)O. The third-order valence-corrected chi connectivity index (χ3v) is 4.97. The number of carbonyl (C=O) groups is 6. The molecule has 0 radical (unpaired) electrons. The lowest BCUT2D eigenvalue weighted by molar-refractivity contribution is -0.143. The largest absolute Gasteiger partial charge is 0.480 e. The van der Waals surface area contributed by atoms with Crippen molar-refractivity contribution in [1.29, 1.82) is 0 Å². The van der Waals surface area contributed by atoms with Crippen LogP contribution in [-0.2, 0) is 28.8 Å². The molecule has 0 heterocycles. The molecule has 0 rings (SSSR count). The summed E-state index contributed by atoms with van der Waals surface area (Å²) in [6, 6.07) is -5.14. The second-order valence-corrected chi connectivity index (χ2v) is 8.88. The minimum Gasteiger partial charge on any atom is -0.480 e. The minimum atomic E-state index is -1.34. The minimum absolute atomic E-state index is 0.00685. The summed E-state index contributed by atoms with van der Waals surface area (Å²) in [6.07, 6.45) is -0.618. The summed E-state index contributed by atoms with van der Waals surface area (Å²) in [4.78, 5) is 76.0. The maximum Gasteiger partial charge on any atom is 0.326 e. The molecule has 0 aromatic heterocycles. The molecule has 5 amide bonds. The standard InChI is InChI=1S/C21H39N9O7/c1-10(2)8-14(20(36)37)30-19(35)13(5-6-15(23)31)29-18(34)12(4-3-7-27-21(25)26)28-17(33)11(22)9-16(24)32/h10-14H,3-9,22H2,1-2H3,(H2,23,31)(H2,24,32)(H,28,33)(H,29,34)(H,30,35)(H,36,37)(H4,25,26,27). The van der Waals surface area contributed by atoms with Gasteiger partial charge in [-0.1, -0.05) is 13.8 Å². The highest BCUT2D eigenvalue weighted by Crippen LogP contribution is 2.08. The number of nitrogens with two attached hydrogens (primary N) is 5. The van der Waals surface area contributed by atoms with Crippen LogP contribution in [0.25, 0.3) is 0 Å². The molecule has 0 aromatic carbocycles. The van der Waals surface area contributed by atoms with E-state index in [0.717, 1.165) is 0 Å². The van der Waals surface area contributed by atoms with Gasteiger partial charge in [-0.2, -0.15) is 0 Å². The van der Waals surface area contributed by atoms with E-state index in [4.69, 9.17) is 28.7 Å². The fourth-order valence-electron chi connectivity index (χ4n) is 3.15. The van der Waals surface area contributed by atoms with Crippen molar-refractivity contribution in [2.24, 2.45) is 39.6 Å². The Kier molecular flexibility index (Phi) is 14.9. The molecule has 4 atom stereocenters. The van der Waals surface area contributed by atoms with E-state index >= 15 is 0 Å². The van der Waals surface area contributed by atoms with Crippen LogP contribution in [0.15, 0.2) is 4.99 Å². The van der Waals surface area contributed by atoms with Gasteiger partial charge in [0, 0.05) is 13.0 Å². The number of carboxylic acid groups (broad SMARTS) is 1. The predicted octanol–water partition coefficient (Wildman–Crippen LogP) is -3.91. The van der Waals surface area contributed by atoms with E-state index < -0.39 is 66.1 Å². The van der Waals surface area contributed by atoms with Crippen molar-refractivity contribution >= 4 is 41.5 Å². The molecule has 210 valence electrons. The number of rotatable bonds is 18. The van der Waals surface area contributed by atoms with Crippen LogP contribution in [0.3, 0.4) is 0 Å². The molecule has 16 heteroatoms. The van der Waals surface area contributed by atoms with Crippen molar-refractivity contribution in [1.82, 2.24) is 16.0 Å². The van der Waals surface area contributed by atoms with E-state index in [9.17, 15) is 33.9 Å². The topological polar surface area (TPSA) is 301 Å². The Morgan fingerprint density at radius 1 is 0.784 bits per heavy atom. The quantitative estimate of drug-likeness (QED) is 0.0472. The van der Waals surface area contributed by atoms with Gasteiger partial charge in [0.15, 0.2) is 5.96 Å². The molecule has 16 nitrogen and oxygen atoms in total. The van der Waals surface area contributed by atoms with Crippen molar-refractivity contribution in [3.8, 4) is 0 Å². The van der Waals surface area contributed by atoms with E-state index in [0.29, 0.717) is 0 Å². The Morgan fingerprint density at radius 2 is 1.30 bits per heavy atom. The van der Waals surface area contributed by atoms with Gasteiger partial charge < -0.3 is 49.7 Å². The highest BCUT2D eigenvalue weighted by Gasteiger charge is 2.30. The molecule has 0 aromatic rings. The van der Waals surface area contributed by atoms with Gasteiger partial charge >= 0.3 is 5.97 Å². The molecule has 37 heavy (non-hydrogen) atoms. The van der Waals surface area contributed by atoms with Crippen molar-refractivity contribution < 1.29 is 33.9 Å². The van der Waals surface area contributed by atoms with Crippen LogP contribution < -0.4 is 44.6 Å². The van der Waals surface area contributed by atoms with Crippen molar-refractivity contribution in [3.63, 3.8) is 0 Å². The molecule has 0 saturated heterocycles. The molecule has 0 aliphatic heterocycles. The first-order valence-electron chi connectivity index (χ1n) is 11.6. The molecule has 0 aliphatic rings. The lowest BCUT2D eigenvalue weighted by Gasteiger charge is -2.25. The van der Waals surface area contributed by atoms with Gasteiger partial charge in [0.2, 0.25) is 29.5 Å². The second kappa shape index (κ2) is 16.7. The number of hydrogen-bond acceptors (Lipinski definition) is 8. The average Bonchev–Trinajstić information content (AvgIpc) is 2.76. The number of aliphatic imine (C=N–C) groups is 1. The Labute approximate surface area is 214 Å². The monoisotopic (exact) mass is 529 g/mol. The molecule has 0 bridgehead atoms. The summed E-state index contributed by atoms with van der Waals surface area (Å²) in [5, 5.41) is 16.6. The van der Waals surface area contributed by atoms with E-state index in [1.54, 1.807) is 13.8 Å². The van der Waals surface area contributed by atoms with Crippen molar-refractivity contribution in [3.05, 3.63) is 0 Å². The maximum absolute atomic E-state index is 13.1. The number of hydrogen-bond donors (Lipinski definition) is 9. The first-order chi connectivity index (χ1) is 17.1. The first-order valence-corrected chi connectivity index (χ1v) is 11.6. The summed E-state index contributed by atoms with van der Waals surface area (Å²) in [5.74, 6) is -5.60. The number of aliphatic carboxylic acids is 1. The fourth-order valence-corrected chi connectivity index (χ4v) is 3.15. The van der Waals surface area contributed by atoms with Crippen LogP contribution >= 0.6 is 0 Å². The van der Waals surface area contributed by atoms with E-state index in [1.165, 1.54) is 0 Å². The van der Waals surface area contributed by atoms with Gasteiger partial charge in [-0.05, 0) is 31.6 Å². The summed E-state index contributed by atoms with van der Waals surface area (Å²) < 4.78 is 0. The Bertz CT molecular complexity index is 859. The van der Waals surface area contributed by atoms with Gasteiger partial charge in [-0.15, -0.1) is 0 Å². The third kappa shape index (κ3) is 14.9. The van der Waals surface area contributed by atoms with E-state index in [2.05, 4.69) is 20.9 Å². The van der Waals surface area contributed by atoms with Gasteiger partial charge in [0.25, 0.3) is 0 Å². The molecule has 4 unspecified atom stereocenters. The number of amides is 5. The average molecular weight is 530 g/mol. The Morgan fingerprint density at radius 3 is 1.76 bits per heavy atom. The number of carboxylic acids is 1. The highest BCUT2D eigenvalue weighted by molar-refractivity contribution is 5.95. The van der Waals surface area contributed by atoms with Crippen molar-refractivity contribution in [2.75, 3.05) is 6.54 Å². The molecule has 14 N–H and O–H groups in total. The van der Waals surface area contributed by atoms with Gasteiger partial charge in [-0.3, -0.25) is 29.0 Å². The van der Waals surface area contributed by atoms with Crippen molar-refractivity contribution in [2.45, 2.75) is 76.5 Å². The number of nitrogens with one attached hydrogen (secondary N) is 3. The van der Waals surface area contributed by atoms with Crippen LogP contribution in [0.1, 0.15) is 52.4 Å². The number of carbonyl (C=O) groups excluding carboxylic acids is 5. The Hall–Kier alpha value is -3.95. The number of primary amides is 2. The highest BCUT2D eigenvalue weighted by atomic mass is 16.4. The van der Waals surface area contributed by atoms with Crippen LogP contribution in [0.2, 0.25) is 0 Å². The molecular formula is C21H39N9O7. The molecule has 0 saturated carbocycles. The Balaban J connectivity index is 5.71. The zero-order valence-electron chi connectivity index (χ0n) is 21.1. The van der Waals surface area contributed by atoms with Gasteiger partial charge in [0.1, 0.15) is 18.1 Å². The number of guanidine groups is 1. The molecular weight excluding hydrogens is 490 g/mol. The first kappa shape index (κ1) is 33.0. The van der Waals surface area contributed by atoms with Crippen LogP contribution in [0.5, 0.6) is 0 Å². The van der Waals surface area contributed by atoms with Crippen LogP contribution in [-0.4, -0.2) is 77.3 Å². The van der Waals surface area contributed by atoms with Gasteiger partial charge in [-0.25, -0.2) is 4.79 Å². The molecule has 0 spiro atoms. The summed E-state index contributed by atoms with van der Waals surface area (Å²) in [6.45, 7) is 3.66. The predicted molar refractivity (Wildman–Crippen MR) is 133 cm³/mol. The van der Waals surface area contributed by atoms with E-state index in [-0.39, 0.29) is 50.5 Å². The maximum atomic E-state index is 13.1. The normalized spacial score (nSPS) is 13.9. The summed E-state index contributed by atoms with van der Waals surface area (Å²) in [7, 11) is 0. The third-order valence-electron chi connectivity index (χ3n) is 4.97. The smallest absolute Gasteiger partial charge is 0.326 e. The fraction of sp³-hybridized carbons (Fsp3) is 0.667. The summed E-state index contributed by atoms with van der Waals surface area (Å²) >= 11 is 0. The van der Waals surface area contributed by atoms with E-state index in [1.807, 2.05) is 0 Å². The summed E-state index contributed by atoms with van der Waals surface area (Å²) in [5.41, 5.74) is 26.4. The lowest BCUT2D eigenvalue weighted by Crippen LogP contribution is -2.57. The second-order valence-electron chi connectivity index (χ2n) is 8.88. The number of nitrogens with zero attached hydrogens (tertiary/aromatic N) is 1. The zero-order valence-corrected chi connectivity index (χ0v) is 21.1. The van der Waals surface area contributed by atoms with Crippen LogP contribution in [0.4, 0.5) is 0 Å². The molecule has 0 aliphatic carbocycles.